The summed E-state index contributed by atoms with van der Waals surface area (Å²) in [6.45, 7) is 5.47. The van der Waals surface area contributed by atoms with Gasteiger partial charge in [0.15, 0.2) is 0 Å². The van der Waals surface area contributed by atoms with Crippen molar-refractivity contribution >= 4 is 23.7 Å². The van der Waals surface area contributed by atoms with Gasteiger partial charge in [-0.25, -0.2) is 4.98 Å². The first-order chi connectivity index (χ1) is 7.78. The number of piperidine rings is 1. The maximum absolute atomic E-state index is 5.89. The van der Waals surface area contributed by atoms with Gasteiger partial charge < -0.3 is 5.73 Å². The minimum atomic E-state index is 0. The highest BCUT2D eigenvalue weighted by molar-refractivity contribution is 7.09. The van der Waals surface area contributed by atoms with Crippen molar-refractivity contribution in [1.29, 1.82) is 0 Å². The van der Waals surface area contributed by atoms with Crippen LogP contribution in [-0.4, -0.2) is 29.0 Å². The lowest BCUT2D eigenvalue weighted by molar-refractivity contribution is 0.205. The van der Waals surface area contributed by atoms with Crippen LogP contribution in [0, 0.1) is 0 Å². The summed E-state index contributed by atoms with van der Waals surface area (Å²) in [6, 6.07) is 0.420. The zero-order valence-corrected chi connectivity index (χ0v) is 12.0. The number of thiazole rings is 1. The molecule has 0 atom stereocenters. The van der Waals surface area contributed by atoms with E-state index >= 15 is 0 Å². The summed E-state index contributed by atoms with van der Waals surface area (Å²) < 4.78 is 0. The molecule has 3 nitrogen and oxygen atoms in total. The lowest BCUT2D eigenvalue weighted by Gasteiger charge is -2.29. The number of hydrogen-bond acceptors (Lipinski definition) is 4. The molecule has 1 saturated heterocycles. The molecule has 2 N–H and O–H groups in total. The quantitative estimate of drug-likeness (QED) is 0.918. The zero-order chi connectivity index (χ0) is 11.4. The van der Waals surface area contributed by atoms with Crippen LogP contribution in [-0.2, 0) is 13.0 Å². The van der Waals surface area contributed by atoms with Crippen molar-refractivity contribution in [3.63, 3.8) is 0 Å². The predicted molar refractivity (Wildman–Crippen MR) is 75.8 cm³/mol. The summed E-state index contributed by atoms with van der Waals surface area (Å²) in [7, 11) is 0. The van der Waals surface area contributed by atoms with Gasteiger partial charge in [-0.15, -0.1) is 23.7 Å². The molecule has 2 heterocycles. The van der Waals surface area contributed by atoms with Gasteiger partial charge in [0.1, 0.15) is 5.01 Å². The first kappa shape index (κ1) is 14.9. The standard InChI is InChI=1S/C12H21N3S.ClH/c1-2-3-11-9-16-12(14-11)8-15-6-4-10(13)5-7-15;/h9-10H,2-8,13H2,1H3;1H. The molecule has 1 fully saturated rings. The number of aromatic nitrogens is 1. The van der Waals surface area contributed by atoms with E-state index in [9.17, 15) is 0 Å². The SMILES string of the molecule is CCCc1csc(CN2CCC(N)CC2)n1.Cl. The van der Waals surface area contributed by atoms with Crippen molar-refractivity contribution < 1.29 is 0 Å². The number of aryl methyl sites for hydroxylation is 1. The molecule has 98 valence electrons. The third kappa shape index (κ3) is 4.54. The molecular formula is C12H22ClN3S. The third-order valence-electron chi connectivity index (χ3n) is 3.10. The maximum Gasteiger partial charge on any atom is 0.107 e. The summed E-state index contributed by atoms with van der Waals surface area (Å²) >= 11 is 1.80. The number of halogens is 1. The van der Waals surface area contributed by atoms with Gasteiger partial charge in [-0.05, 0) is 19.3 Å². The molecule has 2 rings (SSSR count). The Labute approximate surface area is 114 Å². The number of rotatable bonds is 4. The number of nitrogens with zero attached hydrogens (tertiary/aromatic N) is 2. The maximum atomic E-state index is 5.89. The zero-order valence-electron chi connectivity index (χ0n) is 10.4. The second-order valence-electron chi connectivity index (χ2n) is 4.60. The van der Waals surface area contributed by atoms with Gasteiger partial charge in [0.2, 0.25) is 0 Å². The molecule has 0 bridgehead atoms. The van der Waals surface area contributed by atoms with E-state index in [1.807, 2.05) is 0 Å². The molecule has 0 saturated carbocycles. The average molecular weight is 276 g/mol. The van der Waals surface area contributed by atoms with Gasteiger partial charge in [-0.3, -0.25) is 4.90 Å². The lowest BCUT2D eigenvalue weighted by atomic mass is 10.1. The van der Waals surface area contributed by atoms with E-state index in [0.717, 1.165) is 38.9 Å². The molecule has 0 amide bonds. The van der Waals surface area contributed by atoms with Crippen molar-refractivity contribution in [1.82, 2.24) is 9.88 Å². The Kier molecular flexibility index (Phi) is 6.41. The van der Waals surface area contributed by atoms with Crippen LogP contribution in [0.3, 0.4) is 0 Å². The van der Waals surface area contributed by atoms with E-state index in [4.69, 9.17) is 5.73 Å². The molecule has 1 aromatic rings. The van der Waals surface area contributed by atoms with Crippen LogP contribution >= 0.6 is 23.7 Å². The molecule has 0 aromatic carbocycles. The Morgan fingerprint density at radius 2 is 2.18 bits per heavy atom. The molecule has 1 aromatic heterocycles. The Morgan fingerprint density at radius 1 is 1.47 bits per heavy atom. The van der Waals surface area contributed by atoms with Crippen LogP contribution < -0.4 is 5.73 Å². The number of likely N-dealkylation sites (tertiary alicyclic amines) is 1. The van der Waals surface area contributed by atoms with Crippen molar-refractivity contribution in [2.45, 2.75) is 45.2 Å². The molecule has 0 aliphatic carbocycles. The van der Waals surface area contributed by atoms with Crippen LogP contribution in [0.15, 0.2) is 5.38 Å². The van der Waals surface area contributed by atoms with Crippen molar-refractivity contribution in [2.75, 3.05) is 13.1 Å². The Hall–Kier alpha value is -0.160. The van der Waals surface area contributed by atoms with Crippen LogP contribution in [0.2, 0.25) is 0 Å². The Bertz CT molecular complexity index is 321. The van der Waals surface area contributed by atoms with E-state index in [0.29, 0.717) is 6.04 Å². The minimum Gasteiger partial charge on any atom is -0.328 e. The summed E-state index contributed by atoms with van der Waals surface area (Å²) in [6.07, 6.45) is 4.56. The fourth-order valence-electron chi connectivity index (χ4n) is 2.09. The molecule has 17 heavy (non-hydrogen) atoms. The highest BCUT2D eigenvalue weighted by atomic mass is 35.5. The van der Waals surface area contributed by atoms with Gasteiger partial charge in [0.25, 0.3) is 0 Å². The predicted octanol–water partition coefficient (Wildman–Crippen LogP) is 2.44. The molecule has 1 aliphatic heterocycles. The second-order valence-corrected chi connectivity index (χ2v) is 5.54. The molecule has 1 aliphatic rings. The minimum absolute atomic E-state index is 0. The van der Waals surface area contributed by atoms with E-state index in [1.54, 1.807) is 11.3 Å². The Morgan fingerprint density at radius 3 is 2.82 bits per heavy atom. The first-order valence-electron chi connectivity index (χ1n) is 6.19. The van der Waals surface area contributed by atoms with Crippen molar-refractivity contribution in [2.24, 2.45) is 5.73 Å². The lowest BCUT2D eigenvalue weighted by Crippen LogP contribution is -2.39. The third-order valence-corrected chi connectivity index (χ3v) is 3.98. The van der Waals surface area contributed by atoms with E-state index in [2.05, 4.69) is 22.2 Å². The monoisotopic (exact) mass is 275 g/mol. The summed E-state index contributed by atoms with van der Waals surface area (Å²) in [5, 5.41) is 3.47. The summed E-state index contributed by atoms with van der Waals surface area (Å²) in [5.41, 5.74) is 7.15. The second kappa shape index (κ2) is 7.31. The van der Waals surface area contributed by atoms with Crippen LogP contribution in [0.25, 0.3) is 0 Å². The molecular weight excluding hydrogens is 254 g/mol. The highest BCUT2D eigenvalue weighted by Crippen LogP contribution is 2.16. The van der Waals surface area contributed by atoms with Gasteiger partial charge in [-0.1, -0.05) is 13.3 Å². The van der Waals surface area contributed by atoms with Gasteiger partial charge >= 0.3 is 0 Å². The van der Waals surface area contributed by atoms with E-state index < -0.39 is 0 Å². The van der Waals surface area contributed by atoms with Crippen LogP contribution in [0.5, 0.6) is 0 Å². The van der Waals surface area contributed by atoms with E-state index in [1.165, 1.54) is 17.1 Å². The van der Waals surface area contributed by atoms with Crippen LogP contribution in [0.1, 0.15) is 36.9 Å². The highest BCUT2D eigenvalue weighted by Gasteiger charge is 2.16. The van der Waals surface area contributed by atoms with Crippen LogP contribution in [0.4, 0.5) is 0 Å². The number of nitrogens with two attached hydrogens (primary N) is 1. The average Bonchev–Trinajstić information content (AvgIpc) is 2.70. The molecule has 0 radical (unpaired) electrons. The fourth-order valence-corrected chi connectivity index (χ4v) is 2.96. The summed E-state index contributed by atoms with van der Waals surface area (Å²) in [5.74, 6) is 0. The number of hydrogen-bond donors (Lipinski definition) is 1. The first-order valence-corrected chi connectivity index (χ1v) is 7.07. The fraction of sp³-hybridized carbons (Fsp3) is 0.750. The molecule has 5 heteroatoms. The van der Waals surface area contributed by atoms with E-state index in [-0.39, 0.29) is 12.4 Å². The summed E-state index contributed by atoms with van der Waals surface area (Å²) in [4.78, 5) is 7.13. The van der Waals surface area contributed by atoms with Crippen molar-refractivity contribution in [3.05, 3.63) is 16.1 Å². The van der Waals surface area contributed by atoms with Gasteiger partial charge in [0, 0.05) is 24.5 Å². The van der Waals surface area contributed by atoms with Gasteiger partial charge in [-0.2, -0.15) is 0 Å². The largest absolute Gasteiger partial charge is 0.328 e. The smallest absolute Gasteiger partial charge is 0.107 e. The van der Waals surface area contributed by atoms with Gasteiger partial charge in [0.05, 0.1) is 12.2 Å². The normalized spacial score (nSPS) is 18.0. The van der Waals surface area contributed by atoms with Crippen molar-refractivity contribution in [3.8, 4) is 0 Å². The molecule has 0 spiro atoms. The topological polar surface area (TPSA) is 42.1 Å². The Balaban J connectivity index is 0.00000144. The molecule has 0 unspecified atom stereocenters.